The molecule has 0 amide bonds. The standard InChI is InChI=1S/C17H27N3O4/c1-23-14-3-5-17(24-2)6-8-19(15(17)9-14)11-13-10-18-20(12-13)7-4-16(21)22/h10,12,14-15H,3-9,11H2,1-2H3,(H,21,22)/t14-,15+,17-/m1/s1. The summed E-state index contributed by atoms with van der Waals surface area (Å²) in [7, 11) is 3.61. The highest BCUT2D eigenvalue weighted by atomic mass is 16.5. The number of rotatable bonds is 7. The van der Waals surface area contributed by atoms with E-state index < -0.39 is 5.97 Å². The van der Waals surface area contributed by atoms with E-state index in [0.29, 0.717) is 18.7 Å². The van der Waals surface area contributed by atoms with Crippen LogP contribution in [0.4, 0.5) is 0 Å². The Morgan fingerprint density at radius 2 is 2.29 bits per heavy atom. The molecule has 1 saturated heterocycles. The van der Waals surface area contributed by atoms with Crippen molar-refractivity contribution in [2.45, 2.75) is 62.9 Å². The molecular formula is C17H27N3O4. The second-order valence-electron chi connectivity index (χ2n) is 6.89. The van der Waals surface area contributed by atoms with Gasteiger partial charge in [0.05, 0.1) is 30.9 Å². The number of likely N-dealkylation sites (tertiary alicyclic amines) is 1. The lowest BCUT2D eigenvalue weighted by Crippen LogP contribution is -2.51. The predicted octanol–water partition coefficient (Wildman–Crippen LogP) is 1.52. The molecule has 3 rings (SSSR count). The minimum Gasteiger partial charge on any atom is -0.481 e. The molecule has 1 aliphatic heterocycles. The molecule has 0 spiro atoms. The van der Waals surface area contributed by atoms with Gasteiger partial charge in [-0.05, 0) is 25.7 Å². The van der Waals surface area contributed by atoms with Crippen LogP contribution in [0.1, 0.15) is 37.7 Å². The molecule has 7 nitrogen and oxygen atoms in total. The lowest BCUT2D eigenvalue weighted by atomic mass is 9.79. The summed E-state index contributed by atoms with van der Waals surface area (Å²) in [4.78, 5) is 13.1. The summed E-state index contributed by atoms with van der Waals surface area (Å²) in [5.74, 6) is -0.802. The summed E-state index contributed by atoms with van der Waals surface area (Å²) in [5.41, 5.74) is 1.07. The van der Waals surface area contributed by atoms with Crippen molar-refractivity contribution in [2.24, 2.45) is 0 Å². The molecule has 2 fully saturated rings. The number of hydrogen-bond donors (Lipinski definition) is 1. The summed E-state index contributed by atoms with van der Waals surface area (Å²) in [6.45, 7) is 2.24. The van der Waals surface area contributed by atoms with Crippen LogP contribution in [0.25, 0.3) is 0 Å². The van der Waals surface area contributed by atoms with Gasteiger partial charge in [0.15, 0.2) is 0 Å². The molecule has 0 unspecified atom stereocenters. The van der Waals surface area contributed by atoms with Crippen LogP contribution in [0.5, 0.6) is 0 Å². The highest BCUT2D eigenvalue weighted by molar-refractivity contribution is 5.66. The number of aryl methyl sites for hydroxylation is 1. The quantitative estimate of drug-likeness (QED) is 0.813. The zero-order chi connectivity index (χ0) is 17.2. The SMILES string of the molecule is CO[C@@H]1CC[C@@]2(OC)CCN(Cc3cnn(CCC(=O)O)c3)[C@H]2C1. The first-order valence-electron chi connectivity index (χ1n) is 8.61. The largest absolute Gasteiger partial charge is 0.481 e. The molecule has 1 saturated carbocycles. The first-order chi connectivity index (χ1) is 11.6. The number of fused-ring (bicyclic) bond motifs is 1. The Morgan fingerprint density at radius 3 is 3.00 bits per heavy atom. The van der Waals surface area contributed by atoms with E-state index in [9.17, 15) is 4.79 Å². The van der Waals surface area contributed by atoms with E-state index in [1.807, 2.05) is 19.5 Å². The van der Waals surface area contributed by atoms with Crippen LogP contribution in [0.3, 0.4) is 0 Å². The molecule has 2 heterocycles. The maximum absolute atomic E-state index is 10.7. The molecule has 134 valence electrons. The highest BCUT2D eigenvalue weighted by Crippen LogP contribution is 2.43. The number of nitrogens with zero attached hydrogens (tertiary/aromatic N) is 3. The van der Waals surface area contributed by atoms with Gasteiger partial charge >= 0.3 is 5.97 Å². The Kier molecular flexibility index (Phi) is 5.22. The number of methoxy groups -OCH3 is 2. The van der Waals surface area contributed by atoms with Gasteiger partial charge in [0, 0.05) is 45.1 Å². The van der Waals surface area contributed by atoms with Crippen molar-refractivity contribution in [1.82, 2.24) is 14.7 Å². The number of ether oxygens (including phenoxy) is 2. The Balaban J connectivity index is 1.65. The van der Waals surface area contributed by atoms with Crippen LogP contribution >= 0.6 is 0 Å². The molecule has 2 aliphatic rings. The molecule has 1 N–H and O–H groups in total. The molecule has 0 bridgehead atoms. The van der Waals surface area contributed by atoms with Gasteiger partial charge in [-0.3, -0.25) is 14.4 Å². The molecular weight excluding hydrogens is 310 g/mol. The second-order valence-corrected chi connectivity index (χ2v) is 6.89. The summed E-state index contributed by atoms with van der Waals surface area (Å²) in [6.07, 6.45) is 8.34. The first kappa shape index (κ1) is 17.4. The lowest BCUT2D eigenvalue weighted by Gasteiger charge is -2.43. The molecule has 7 heteroatoms. The van der Waals surface area contributed by atoms with E-state index in [-0.39, 0.29) is 12.0 Å². The lowest BCUT2D eigenvalue weighted by molar-refractivity contribution is -0.137. The van der Waals surface area contributed by atoms with E-state index in [1.165, 1.54) is 0 Å². The van der Waals surface area contributed by atoms with Crippen LogP contribution in [-0.2, 0) is 27.4 Å². The van der Waals surface area contributed by atoms with Gasteiger partial charge in [-0.2, -0.15) is 5.10 Å². The van der Waals surface area contributed by atoms with Gasteiger partial charge in [0.1, 0.15) is 0 Å². The normalized spacial score (nSPS) is 30.4. The third kappa shape index (κ3) is 3.48. The Bertz CT molecular complexity index is 576. The molecule has 1 aliphatic carbocycles. The molecule has 1 aromatic rings. The number of carbonyl (C=O) groups is 1. The number of aromatic nitrogens is 2. The van der Waals surface area contributed by atoms with Gasteiger partial charge in [-0.1, -0.05) is 0 Å². The summed E-state index contributed by atoms with van der Waals surface area (Å²) >= 11 is 0. The Morgan fingerprint density at radius 1 is 1.46 bits per heavy atom. The maximum atomic E-state index is 10.7. The van der Waals surface area contributed by atoms with Crippen LogP contribution in [-0.4, -0.2) is 64.3 Å². The monoisotopic (exact) mass is 337 g/mol. The van der Waals surface area contributed by atoms with Crippen molar-refractivity contribution in [3.05, 3.63) is 18.0 Å². The van der Waals surface area contributed by atoms with Crippen molar-refractivity contribution in [3.63, 3.8) is 0 Å². The fraction of sp³-hybridized carbons (Fsp3) is 0.765. The Labute approximate surface area is 142 Å². The van der Waals surface area contributed by atoms with Crippen molar-refractivity contribution in [2.75, 3.05) is 20.8 Å². The second kappa shape index (κ2) is 7.21. The maximum Gasteiger partial charge on any atom is 0.305 e. The van der Waals surface area contributed by atoms with E-state index in [0.717, 1.165) is 44.3 Å². The van der Waals surface area contributed by atoms with Gasteiger partial charge in [-0.15, -0.1) is 0 Å². The zero-order valence-electron chi connectivity index (χ0n) is 14.5. The fourth-order valence-corrected chi connectivity index (χ4v) is 4.21. The van der Waals surface area contributed by atoms with E-state index in [2.05, 4.69) is 10.00 Å². The van der Waals surface area contributed by atoms with Crippen LogP contribution in [0.15, 0.2) is 12.4 Å². The number of hydrogen-bond acceptors (Lipinski definition) is 5. The van der Waals surface area contributed by atoms with E-state index in [1.54, 1.807) is 11.8 Å². The summed E-state index contributed by atoms with van der Waals surface area (Å²) < 4.78 is 13.3. The number of carboxylic acids is 1. The van der Waals surface area contributed by atoms with Gasteiger partial charge in [-0.25, -0.2) is 0 Å². The van der Waals surface area contributed by atoms with Crippen LogP contribution in [0, 0.1) is 0 Å². The van der Waals surface area contributed by atoms with Crippen LogP contribution < -0.4 is 0 Å². The molecule has 0 aromatic carbocycles. The summed E-state index contributed by atoms with van der Waals surface area (Å²) in [6, 6.07) is 0.364. The minimum absolute atomic E-state index is 0.0473. The van der Waals surface area contributed by atoms with Gasteiger partial charge in [0.25, 0.3) is 0 Å². The fourth-order valence-electron chi connectivity index (χ4n) is 4.21. The average molecular weight is 337 g/mol. The van der Waals surface area contributed by atoms with Crippen molar-refractivity contribution < 1.29 is 19.4 Å². The molecule has 1 aromatic heterocycles. The zero-order valence-corrected chi connectivity index (χ0v) is 14.5. The van der Waals surface area contributed by atoms with E-state index >= 15 is 0 Å². The van der Waals surface area contributed by atoms with Crippen molar-refractivity contribution in [1.29, 1.82) is 0 Å². The third-order valence-electron chi connectivity index (χ3n) is 5.61. The summed E-state index contributed by atoms with van der Waals surface area (Å²) in [5, 5.41) is 13.0. The third-order valence-corrected chi connectivity index (χ3v) is 5.61. The van der Waals surface area contributed by atoms with Gasteiger partial charge in [0.2, 0.25) is 0 Å². The smallest absolute Gasteiger partial charge is 0.305 e. The Hall–Kier alpha value is -1.44. The number of aliphatic carboxylic acids is 1. The first-order valence-corrected chi connectivity index (χ1v) is 8.61. The van der Waals surface area contributed by atoms with Crippen LogP contribution in [0.2, 0.25) is 0 Å². The predicted molar refractivity (Wildman–Crippen MR) is 87.7 cm³/mol. The highest BCUT2D eigenvalue weighted by Gasteiger charge is 2.50. The average Bonchev–Trinajstić information content (AvgIpc) is 3.18. The van der Waals surface area contributed by atoms with Crippen molar-refractivity contribution in [3.8, 4) is 0 Å². The molecule has 24 heavy (non-hydrogen) atoms. The molecule has 0 radical (unpaired) electrons. The topological polar surface area (TPSA) is 76.8 Å². The van der Waals surface area contributed by atoms with Crippen molar-refractivity contribution >= 4 is 5.97 Å². The minimum atomic E-state index is -0.802. The molecule has 3 atom stereocenters. The van der Waals surface area contributed by atoms with Gasteiger partial charge < -0.3 is 14.6 Å². The van der Waals surface area contributed by atoms with E-state index in [4.69, 9.17) is 14.6 Å². The number of carboxylic acid groups (broad SMARTS) is 1.